The summed E-state index contributed by atoms with van der Waals surface area (Å²) >= 11 is 11.8. The predicted octanol–water partition coefficient (Wildman–Crippen LogP) is 4.10. The summed E-state index contributed by atoms with van der Waals surface area (Å²) in [5.74, 6) is -0.696. The van der Waals surface area contributed by atoms with Crippen LogP contribution < -0.4 is 5.32 Å². The van der Waals surface area contributed by atoms with Gasteiger partial charge in [0.15, 0.2) is 0 Å². The highest BCUT2D eigenvalue weighted by Crippen LogP contribution is 2.33. The molecule has 1 saturated heterocycles. The Morgan fingerprint density at radius 1 is 1.16 bits per heavy atom. The minimum Gasteiger partial charge on any atom is -0.506 e. The molecule has 3 amide bonds. The maximum absolute atomic E-state index is 12.5. The fourth-order valence-electron chi connectivity index (χ4n) is 2.44. The quantitative estimate of drug-likeness (QED) is 0.625. The molecule has 1 aliphatic heterocycles. The van der Waals surface area contributed by atoms with Gasteiger partial charge in [-0.05, 0) is 30.7 Å². The van der Waals surface area contributed by atoms with Crippen molar-refractivity contribution < 1.29 is 14.7 Å². The zero-order chi connectivity index (χ0) is 18.1. The van der Waals surface area contributed by atoms with Crippen LogP contribution in [0.2, 0.25) is 10.0 Å². The van der Waals surface area contributed by atoms with Crippen LogP contribution in [0.3, 0.4) is 0 Å². The zero-order valence-electron chi connectivity index (χ0n) is 13.2. The topological polar surface area (TPSA) is 69.6 Å². The van der Waals surface area contributed by atoms with Gasteiger partial charge >= 0.3 is 6.03 Å². The molecular formula is C18H14Cl2N2O3. The van der Waals surface area contributed by atoms with Crippen LogP contribution in [0, 0.1) is 6.92 Å². The molecular weight excluding hydrogens is 363 g/mol. The standard InChI is InChI=1S/C18H14Cl2N2O3/c1-10-2-4-11(5-3-10)9-22-17(24)15(21-18(22)25)7-12-6-13(19)8-14(20)16(12)23/h2-8,23H,9H2,1H3,(H,21,25)/b15-7+. The molecule has 0 unspecified atom stereocenters. The van der Waals surface area contributed by atoms with E-state index in [9.17, 15) is 14.7 Å². The van der Waals surface area contributed by atoms with Crippen molar-refractivity contribution in [3.63, 3.8) is 0 Å². The third kappa shape index (κ3) is 3.62. The van der Waals surface area contributed by atoms with Crippen molar-refractivity contribution in [1.82, 2.24) is 10.2 Å². The number of rotatable bonds is 3. The zero-order valence-corrected chi connectivity index (χ0v) is 14.7. The van der Waals surface area contributed by atoms with Crippen molar-refractivity contribution in [1.29, 1.82) is 0 Å². The third-order valence-electron chi connectivity index (χ3n) is 3.78. The van der Waals surface area contributed by atoms with Crippen LogP contribution >= 0.6 is 23.2 Å². The van der Waals surface area contributed by atoms with Crippen LogP contribution in [0.25, 0.3) is 6.08 Å². The Balaban J connectivity index is 1.87. The van der Waals surface area contributed by atoms with Gasteiger partial charge in [-0.2, -0.15) is 0 Å². The van der Waals surface area contributed by atoms with Gasteiger partial charge in [-0.3, -0.25) is 9.69 Å². The molecule has 5 nitrogen and oxygen atoms in total. The fourth-order valence-corrected chi connectivity index (χ4v) is 2.95. The Kier molecular flexibility index (Phi) is 4.70. The Hall–Kier alpha value is -2.50. The Bertz CT molecular complexity index is 892. The van der Waals surface area contributed by atoms with Crippen LogP contribution in [0.15, 0.2) is 42.1 Å². The van der Waals surface area contributed by atoms with E-state index >= 15 is 0 Å². The second-order valence-electron chi connectivity index (χ2n) is 5.69. The van der Waals surface area contributed by atoms with Gasteiger partial charge in [0.2, 0.25) is 0 Å². The van der Waals surface area contributed by atoms with Crippen molar-refractivity contribution in [2.45, 2.75) is 13.5 Å². The number of imide groups is 1. The highest BCUT2D eigenvalue weighted by atomic mass is 35.5. The van der Waals surface area contributed by atoms with Crippen LogP contribution in [-0.2, 0) is 11.3 Å². The first-order valence-corrected chi connectivity index (χ1v) is 8.19. The third-order valence-corrected chi connectivity index (χ3v) is 4.29. The number of carbonyl (C=O) groups is 2. The number of phenolic OH excluding ortho intramolecular Hbond substituents is 1. The smallest absolute Gasteiger partial charge is 0.329 e. The molecule has 2 N–H and O–H groups in total. The van der Waals surface area contributed by atoms with E-state index in [2.05, 4.69) is 5.32 Å². The molecule has 0 radical (unpaired) electrons. The molecule has 3 rings (SSSR count). The average Bonchev–Trinajstić information content (AvgIpc) is 2.81. The molecule has 0 bridgehead atoms. The summed E-state index contributed by atoms with van der Waals surface area (Å²) in [6, 6.07) is 9.87. The summed E-state index contributed by atoms with van der Waals surface area (Å²) < 4.78 is 0. The molecule has 1 heterocycles. The first-order chi connectivity index (χ1) is 11.8. The van der Waals surface area contributed by atoms with Crippen LogP contribution in [0.4, 0.5) is 4.79 Å². The fraction of sp³-hybridized carbons (Fsp3) is 0.111. The second kappa shape index (κ2) is 6.78. The lowest BCUT2D eigenvalue weighted by molar-refractivity contribution is -0.123. The van der Waals surface area contributed by atoms with Gasteiger partial charge in [-0.25, -0.2) is 4.79 Å². The lowest BCUT2D eigenvalue weighted by atomic mass is 10.1. The number of urea groups is 1. The van der Waals surface area contributed by atoms with E-state index in [-0.39, 0.29) is 28.6 Å². The molecule has 2 aromatic carbocycles. The van der Waals surface area contributed by atoms with Crippen molar-refractivity contribution >= 4 is 41.2 Å². The minimum absolute atomic E-state index is 0.0470. The van der Waals surface area contributed by atoms with Gasteiger partial charge in [0, 0.05) is 10.6 Å². The van der Waals surface area contributed by atoms with Gasteiger partial charge in [0.25, 0.3) is 5.91 Å². The van der Waals surface area contributed by atoms with Crippen LogP contribution in [-0.4, -0.2) is 21.9 Å². The lowest BCUT2D eigenvalue weighted by Crippen LogP contribution is -2.30. The summed E-state index contributed by atoms with van der Waals surface area (Å²) in [4.78, 5) is 25.7. The summed E-state index contributed by atoms with van der Waals surface area (Å²) in [5.41, 5.74) is 2.22. The van der Waals surface area contributed by atoms with E-state index < -0.39 is 11.9 Å². The molecule has 2 aromatic rings. The predicted molar refractivity (Wildman–Crippen MR) is 96.4 cm³/mol. The monoisotopic (exact) mass is 376 g/mol. The van der Waals surface area contributed by atoms with Gasteiger partial charge in [-0.1, -0.05) is 53.0 Å². The number of nitrogens with zero attached hydrogens (tertiary/aromatic N) is 1. The highest BCUT2D eigenvalue weighted by molar-refractivity contribution is 6.36. The highest BCUT2D eigenvalue weighted by Gasteiger charge is 2.33. The van der Waals surface area contributed by atoms with E-state index in [1.54, 1.807) is 0 Å². The van der Waals surface area contributed by atoms with Gasteiger partial charge in [-0.15, -0.1) is 0 Å². The maximum Gasteiger partial charge on any atom is 0.329 e. The lowest BCUT2D eigenvalue weighted by Gasteiger charge is -2.11. The normalized spacial score (nSPS) is 15.8. The van der Waals surface area contributed by atoms with Gasteiger partial charge < -0.3 is 10.4 Å². The van der Waals surface area contributed by atoms with Crippen molar-refractivity contribution in [3.8, 4) is 5.75 Å². The maximum atomic E-state index is 12.5. The first kappa shape index (κ1) is 17.3. The summed E-state index contributed by atoms with van der Waals surface area (Å²) in [6.07, 6.45) is 1.35. The van der Waals surface area contributed by atoms with Crippen LogP contribution in [0.5, 0.6) is 5.75 Å². The number of phenols is 1. The molecule has 1 fully saturated rings. The number of hydrogen-bond acceptors (Lipinski definition) is 3. The molecule has 128 valence electrons. The number of amides is 3. The molecule has 25 heavy (non-hydrogen) atoms. The van der Waals surface area contributed by atoms with E-state index in [1.807, 2.05) is 31.2 Å². The summed E-state index contributed by atoms with van der Waals surface area (Å²) in [7, 11) is 0. The molecule has 0 aliphatic carbocycles. The number of carbonyl (C=O) groups excluding carboxylic acids is 2. The van der Waals surface area contributed by atoms with E-state index in [4.69, 9.17) is 23.2 Å². The Morgan fingerprint density at radius 2 is 1.84 bits per heavy atom. The van der Waals surface area contributed by atoms with Gasteiger partial charge in [0.05, 0.1) is 11.6 Å². The van der Waals surface area contributed by atoms with Gasteiger partial charge in [0.1, 0.15) is 11.4 Å². The first-order valence-electron chi connectivity index (χ1n) is 7.43. The molecule has 0 saturated carbocycles. The van der Waals surface area contributed by atoms with E-state index in [1.165, 1.54) is 18.2 Å². The van der Waals surface area contributed by atoms with Crippen LogP contribution in [0.1, 0.15) is 16.7 Å². The number of hydrogen-bond donors (Lipinski definition) is 2. The number of nitrogens with one attached hydrogen (secondary N) is 1. The van der Waals surface area contributed by atoms with E-state index in [0.29, 0.717) is 5.02 Å². The second-order valence-corrected chi connectivity index (χ2v) is 6.53. The number of aryl methyl sites for hydroxylation is 1. The number of benzene rings is 2. The van der Waals surface area contributed by atoms with Crippen molar-refractivity contribution in [3.05, 3.63) is 68.8 Å². The molecule has 0 aromatic heterocycles. The van der Waals surface area contributed by atoms with Crippen molar-refractivity contribution in [2.75, 3.05) is 0 Å². The largest absolute Gasteiger partial charge is 0.506 e. The average molecular weight is 377 g/mol. The minimum atomic E-state index is -0.524. The summed E-state index contributed by atoms with van der Waals surface area (Å²) in [5, 5.41) is 12.9. The van der Waals surface area contributed by atoms with E-state index in [0.717, 1.165) is 16.0 Å². The Labute approximate surface area is 154 Å². The summed E-state index contributed by atoms with van der Waals surface area (Å²) in [6.45, 7) is 2.12. The number of aromatic hydroxyl groups is 1. The molecule has 1 aliphatic rings. The SMILES string of the molecule is Cc1ccc(CN2C(=O)N/C(=C/c3cc(Cl)cc(Cl)c3O)C2=O)cc1. The molecule has 0 spiro atoms. The van der Waals surface area contributed by atoms with Crippen molar-refractivity contribution in [2.24, 2.45) is 0 Å². The number of halogens is 2. The molecule has 7 heteroatoms. The molecule has 0 atom stereocenters. The Morgan fingerprint density at radius 3 is 2.52 bits per heavy atom.